The van der Waals surface area contributed by atoms with E-state index >= 15 is 0 Å². The first-order chi connectivity index (χ1) is 19.2. The molecule has 0 unspecified atom stereocenters. The number of furan rings is 1. The van der Waals surface area contributed by atoms with Crippen LogP contribution in [0.5, 0.6) is 0 Å². The molecule has 0 aliphatic rings. The van der Waals surface area contributed by atoms with Gasteiger partial charge in [-0.25, -0.2) is 4.57 Å². The molecule has 0 radical (unpaired) electrons. The van der Waals surface area contributed by atoms with Gasteiger partial charge in [-0.3, -0.25) is 0 Å². The summed E-state index contributed by atoms with van der Waals surface area (Å²) in [4.78, 5) is 0. The third-order valence-electron chi connectivity index (χ3n) is 7.25. The minimum atomic E-state index is -0.884. The van der Waals surface area contributed by atoms with E-state index in [4.69, 9.17) is 7.16 Å². The molecule has 38 heavy (non-hydrogen) atoms. The predicted molar refractivity (Wildman–Crippen MR) is 155 cm³/mol. The molecule has 0 saturated heterocycles. The molecule has 4 aromatic carbocycles. The number of aryl methyl sites for hydroxylation is 1. The highest BCUT2D eigenvalue weighted by Gasteiger charge is 2.23. The van der Waals surface area contributed by atoms with Crippen molar-refractivity contribution in [3.8, 4) is 39.6 Å². The zero-order valence-electron chi connectivity index (χ0n) is 24.0. The minimum absolute atomic E-state index is 0.301. The maximum absolute atomic E-state index is 10.1. The van der Waals surface area contributed by atoms with E-state index in [9.17, 15) is 5.26 Å². The van der Waals surface area contributed by atoms with Crippen molar-refractivity contribution < 1.29 is 11.7 Å². The van der Waals surface area contributed by atoms with Crippen LogP contribution in [0.4, 0.5) is 0 Å². The highest BCUT2D eigenvalue weighted by Crippen LogP contribution is 2.42. The summed E-state index contributed by atoms with van der Waals surface area (Å²) in [5, 5.41) is 12.0. The molecule has 0 atom stereocenters. The lowest BCUT2D eigenvalue weighted by atomic mass is 9.94. The van der Waals surface area contributed by atoms with Crippen molar-refractivity contribution in [3.63, 3.8) is 0 Å². The lowest BCUT2D eigenvalue weighted by molar-refractivity contribution is -0.660. The third-order valence-corrected chi connectivity index (χ3v) is 7.25. The SMILES string of the molecule is [2H]c1c(C([2H])(C)C)ccc(-c2c(C)ccc3c2oc2c(-c4cccc(-c5ccccc5)c4)c(C#N)ccc23)[n+]1C. The van der Waals surface area contributed by atoms with Gasteiger partial charge in [-0.2, -0.15) is 5.26 Å². The molecule has 0 fully saturated rings. The number of nitrogens with zero attached hydrogens (tertiary/aromatic N) is 2. The van der Waals surface area contributed by atoms with E-state index in [1.807, 2.05) is 73.1 Å². The zero-order valence-corrected chi connectivity index (χ0v) is 22.0. The van der Waals surface area contributed by atoms with Crippen molar-refractivity contribution in [1.82, 2.24) is 0 Å². The smallest absolute Gasteiger partial charge is 0.216 e. The monoisotopic (exact) mass is 495 g/mol. The summed E-state index contributed by atoms with van der Waals surface area (Å²) in [7, 11) is 1.86. The number of fused-ring (bicyclic) bond motifs is 3. The van der Waals surface area contributed by atoms with E-state index in [1.54, 1.807) is 13.8 Å². The molecule has 0 N–H and O–H groups in total. The van der Waals surface area contributed by atoms with Crippen LogP contribution in [0.1, 0.15) is 39.2 Å². The summed E-state index contributed by atoms with van der Waals surface area (Å²) >= 11 is 0. The number of benzene rings is 4. The van der Waals surface area contributed by atoms with Gasteiger partial charge in [0.05, 0.1) is 17.2 Å². The van der Waals surface area contributed by atoms with Crippen LogP contribution in [0, 0.1) is 18.3 Å². The van der Waals surface area contributed by atoms with Crippen molar-refractivity contribution in [3.05, 3.63) is 114 Å². The summed E-state index contributed by atoms with van der Waals surface area (Å²) in [6, 6.07) is 32.6. The largest absolute Gasteiger partial charge is 0.454 e. The summed E-state index contributed by atoms with van der Waals surface area (Å²) in [5.74, 6) is -0.884. The Morgan fingerprint density at radius 3 is 2.24 bits per heavy atom. The second-order valence-electron chi connectivity index (χ2n) is 9.96. The molecular weight excluding hydrogens is 464 g/mol. The molecule has 2 aromatic heterocycles. The fourth-order valence-electron chi connectivity index (χ4n) is 5.27. The molecule has 6 rings (SSSR count). The predicted octanol–water partition coefficient (Wildman–Crippen LogP) is 8.72. The summed E-state index contributed by atoms with van der Waals surface area (Å²) < 4.78 is 25.8. The molecule has 6 aromatic rings. The van der Waals surface area contributed by atoms with Crippen molar-refractivity contribution >= 4 is 21.9 Å². The van der Waals surface area contributed by atoms with Gasteiger partial charge in [-0.15, -0.1) is 0 Å². The van der Waals surface area contributed by atoms with Crippen LogP contribution < -0.4 is 4.57 Å². The first kappa shape index (κ1) is 21.4. The molecule has 0 saturated carbocycles. The van der Waals surface area contributed by atoms with Gasteiger partial charge < -0.3 is 4.42 Å². The van der Waals surface area contributed by atoms with E-state index in [0.717, 1.165) is 55.4 Å². The van der Waals surface area contributed by atoms with Crippen LogP contribution >= 0.6 is 0 Å². The standard InChI is InChI=1S/C35H29N2O/c1-22(2)28-15-18-31(37(4)21-28)32-23(3)13-16-29-30-17-14-27(20-36)33(35(30)38-34(29)32)26-12-8-11-25(19-26)24-9-6-5-7-10-24/h5-19,21-22H,1-4H3/q+1/i21D,22D. The Balaban J connectivity index is 1.63. The third kappa shape index (κ3) is 3.86. The number of hydrogen-bond donors (Lipinski definition) is 0. The average molecular weight is 496 g/mol. The van der Waals surface area contributed by atoms with Crippen LogP contribution in [-0.4, -0.2) is 0 Å². The van der Waals surface area contributed by atoms with Gasteiger partial charge in [0, 0.05) is 29.3 Å². The van der Waals surface area contributed by atoms with Crippen LogP contribution in [0.15, 0.2) is 102 Å². The van der Waals surface area contributed by atoms with Crippen molar-refractivity contribution in [2.24, 2.45) is 7.05 Å². The topological polar surface area (TPSA) is 40.8 Å². The van der Waals surface area contributed by atoms with Crippen LogP contribution in [-0.2, 0) is 7.05 Å². The summed E-state index contributed by atoms with van der Waals surface area (Å²) in [5.41, 5.74) is 9.24. The molecule has 184 valence electrons. The van der Waals surface area contributed by atoms with Gasteiger partial charge in [-0.05, 0) is 59.3 Å². The maximum Gasteiger partial charge on any atom is 0.216 e. The lowest BCUT2D eigenvalue weighted by Crippen LogP contribution is -2.31. The van der Waals surface area contributed by atoms with E-state index in [-0.39, 0.29) is 0 Å². The van der Waals surface area contributed by atoms with Crippen LogP contribution in [0.25, 0.3) is 55.4 Å². The van der Waals surface area contributed by atoms with Crippen molar-refractivity contribution in [2.45, 2.75) is 26.7 Å². The molecule has 0 aliphatic carbocycles. The molecule has 0 spiro atoms. The first-order valence-electron chi connectivity index (χ1n) is 13.7. The van der Waals surface area contributed by atoms with E-state index < -0.39 is 5.89 Å². The average Bonchev–Trinajstić information content (AvgIpc) is 3.32. The minimum Gasteiger partial charge on any atom is -0.454 e. The van der Waals surface area contributed by atoms with Crippen LogP contribution in [0.3, 0.4) is 0 Å². The number of rotatable bonds is 4. The Labute approximate surface area is 226 Å². The molecule has 3 heteroatoms. The van der Waals surface area contributed by atoms with Crippen molar-refractivity contribution in [2.75, 3.05) is 0 Å². The van der Waals surface area contributed by atoms with Gasteiger partial charge in [0.25, 0.3) is 0 Å². The maximum atomic E-state index is 10.1. The Hall–Kier alpha value is -4.68. The number of pyridine rings is 1. The molecule has 0 aliphatic heterocycles. The second kappa shape index (κ2) is 9.32. The highest BCUT2D eigenvalue weighted by molar-refractivity contribution is 6.14. The Bertz CT molecular complexity index is 1980. The van der Waals surface area contributed by atoms with Gasteiger partial charge >= 0.3 is 0 Å². The van der Waals surface area contributed by atoms with E-state index in [0.29, 0.717) is 22.9 Å². The summed E-state index contributed by atoms with van der Waals surface area (Å²) in [6.07, 6.45) is 0.301. The quantitative estimate of drug-likeness (QED) is 0.229. The Morgan fingerprint density at radius 2 is 1.50 bits per heavy atom. The zero-order chi connectivity index (χ0) is 28.2. The van der Waals surface area contributed by atoms with Gasteiger partial charge in [0.15, 0.2) is 6.17 Å². The highest BCUT2D eigenvalue weighted by atomic mass is 16.3. The number of hydrogen-bond acceptors (Lipinski definition) is 2. The molecule has 0 amide bonds. The lowest BCUT2D eigenvalue weighted by Gasteiger charge is -2.09. The van der Waals surface area contributed by atoms with E-state index in [1.165, 1.54) is 0 Å². The first-order valence-corrected chi connectivity index (χ1v) is 12.7. The summed E-state index contributed by atoms with van der Waals surface area (Å²) in [6.45, 7) is 5.64. The van der Waals surface area contributed by atoms with Gasteiger partial charge in [0.1, 0.15) is 19.6 Å². The molecular formula is C35H29N2O+. The fraction of sp³-hybridized carbons (Fsp3) is 0.143. The fourth-order valence-corrected chi connectivity index (χ4v) is 5.27. The Morgan fingerprint density at radius 1 is 0.816 bits per heavy atom. The molecule has 3 nitrogen and oxygen atoms in total. The van der Waals surface area contributed by atoms with Crippen molar-refractivity contribution in [1.29, 1.82) is 5.26 Å². The second-order valence-corrected chi connectivity index (χ2v) is 9.96. The number of aromatic nitrogens is 1. The van der Waals surface area contributed by atoms with Crippen LogP contribution in [0.2, 0.25) is 0 Å². The van der Waals surface area contributed by atoms with Gasteiger partial charge in [0.2, 0.25) is 5.69 Å². The van der Waals surface area contributed by atoms with E-state index in [2.05, 4.69) is 42.5 Å². The molecule has 0 bridgehead atoms. The molecule has 2 heterocycles. The van der Waals surface area contributed by atoms with Gasteiger partial charge in [-0.1, -0.05) is 74.5 Å². The number of nitriles is 1. The normalized spacial score (nSPS) is 12.4. The Kier molecular flexibility index (Phi) is 5.25.